The lowest BCUT2D eigenvalue weighted by molar-refractivity contribution is 0.207. The van der Waals surface area contributed by atoms with E-state index in [-0.39, 0.29) is 6.10 Å². The Bertz CT molecular complexity index is 544. The summed E-state index contributed by atoms with van der Waals surface area (Å²) in [5.41, 5.74) is 2.10. The Balaban J connectivity index is 1.77. The quantitative estimate of drug-likeness (QED) is 0.843. The van der Waals surface area contributed by atoms with Gasteiger partial charge in [0.15, 0.2) is 0 Å². The van der Waals surface area contributed by atoms with Crippen molar-refractivity contribution in [3.8, 4) is 16.9 Å². The molecule has 2 aromatic rings. The van der Waals surface area contributed by atoms with Crippen molar-refractivity contribution < 1.29 is 4.74 Å². The van der Waals surface area contributed by atoms with Crippen molar-refractivity contribution in [2.45, 2.75) is 12.5 Å². The molecule has 0 bridgehead atoms. The fourth-order valence-corrected chi connectivity index (χ4v) is 2.36. The summed E-state index contributed by atoms with van der Waals surface area (Å²) < 4.78 is 5.98. The molecule has 0 radical (unpaired) electrons. The van der Waals surface area contributed by atoms with Crippen LogP contribution in [0.5, 0.6) is 5.75 Å². The summed E-state index contributed by atoms with van der Waals surface area (Å²) in [6.07, 6.45) is 8.57. The van der Waals surface area contributed by atoms with Crippen LogP contribution in [0.25, 0.3) is 11.1 Å². The van der Waals surface area contributed by atoms with Crippen LogP contribution in [0.4, 0.5) is 0 Å². The van der Waals surface area contributed by atoms with Crippen LogP contribution >= 0.6 is 0 Å². The molecule has 4 nitrogen and oxygen atoms in total. The highest BCUT2D eigenvalue weighted by atomic mass is 16.5. The first-order chi connectivity index (χ1) is 9.31. The molecule has 1 saturated heterocycles. The van der Waals surface area contributed by atoms with Crippen LogP contribution < -0.4 is 4.74 Å². The molecular formula is C15H17N3O. The number of rotatable bonds is 3. The van der Waals surface area contributed by atoms with Gasteiger partial charge in [0.2, 0.25) is 0 Å². The molecule has 4 heteroatoms. The lowest BCUT2D eigenvalue weighted by Crippen LogP contribution is -2.21. The van der Waals surface area contributed by atoms with E-state index in [0.29, 0.717) is 0 Å². The second kappa shape index (κ2) is 5.36. The van der Waals surface area contributed by atoms with E-state index in [1.165, 1.54) is 0 Å². The van der Waals surface area contributed by atoms with Gasteiger partial charge in [0, 0.05) is 42.8 Å². The topological polar surface area (TPSA) is 38.2 Å². The van der Waals surface area contributed by atoms with E-state index in [9.17, 15) is 0 Å². The minimum atomic E-state index is 0.274. The number of aromatic nitrogens is 2. The summed E-state index contributed by atoms with van der Waals surface area (Å²) in [6.45, 7) is 2.08. The highest BCUT2D eigenvalue weighted by molar-refractivity contribution is 5.62. The summed E-state index contributed by atoms with van der Waals surface area (Å²) in [6, 6.07) is 5.98. The van der Waals surface area contributed by atoms with Crippen molar-refractivity contribution in [2.75, 3.05) is 20.1 Å². The first-order valence-corrected chi connectivity index (χ1v) is 6.52. The second-order valence-corrected chi connectivity index (χ2v) is 4.94. The average molecular weight is 255 g/mol. The van der Waals surface area contributed by atoms with Gasteiger partial charge in [-0.1, -0.05) is 6.07 Å². The van der Waals surface area contributed by atoms with Crippen LogP contribution in [0.2, 0.25) is 0 Å². The molecule has 3 heterocycles. The maximum atomic E-state index is 5.98. The predicted octanol–water partition coefficient (Wildman–Crippen LogP) is 2.23. The summed E-state index contributed by atoms with van der Waals surface area (Å²) in [4.78, 5) is 10.7. The van der Waals surface area contributed by atoms with Crippen molar-refractivity contribution in [1.82, 2.24) is 14.9 Å². The molecule has 1 fully saturated rings. The van der Waals surface area contributed by atoms with Crippen LogP contribution in [0.3, 0.4) is 0 Å². The maximum Gasteiger partial charge on any atom is 0.138 e. The zero-order chi connectivity index (χ0) is 13.1. The van der Waals surface area contributed by atoms with Gasteiger partial charge in [-0.25, -0.2) is 0 Å². The van der Waals surface area contributed by atoms with Gasteiger partial charge in [-0.3, -0.25) is 9.97 Å². The first kappa shape index (κ1) is 12.1. The van der Waals surface area contributed by atoms with Crippen molar-refractivity contribution in [1.29, 1.82) is 0 Å². The van der Waals surface area contributed by atoms with Crippen LogP contribution in [-0.4, -0.2) is 41.1 Å². The minimum Gasteiger partial charge on any atom is -0.487 e. The van der Waals surface area contributed by atoms with Crippen molar-refractivity contribution >= 4 is 0 Å². The third kappa shape index (κ3) is 2.90. The zero-order valence-corrected chi connectivity index (χ0v) is 11.0. The SMILES string of the molecule is CN1CC[C@@H](Oc2cncc(-c3cccnc3)c2)C1. The monoisotopic (exact) mass is 255 g/mol. The van der Waals surface area contributed by atoms with Gasteiger partial charge in [-0.15, -0.1) is 0 Å². The van der Waals surface area contributed by atoms with E-state index >= 15 is 0 Å². The number of ether oxygens (including phenoxy) is 1. The molecule has 0 spiro atoms. The number of nitrogens with zero attached hydrogens (tertiary/aromatic N) is 3. The third-order valence-electron chi connectivity index (χ3n) is 3.36. The largest absolute Gasteiger partial charge is 0.487 e. The number of pyridine rings is 2. The summed E-state index contributed by atoms with van der Waals surface area (Å²) >= 11 is 0. The van der Waals surface area contributed by atoms with Gasteiger partial charge in [-0.05, 0) is 25.6 Å². The molecular weight excluding hydrogens is 238 g/mol. The molecule has 0 saturated carbocycles. The van der Waals surface area contributed by atoms with Crippen LogP contribution in [0.15, 0.2) is 43.0 Å². The fourth-order valence-electron chi connectivity index (χ4n) is 2.36. The summed E-state index contributed by atoms with van der Waals surface area (Å²) in [5, 5.41) is 0. The minimum absolute atomic E-state index is 0.274. The third-order valence-corrected chi connectivity index (χ3v) is 3.36. The molecule has 0 aliphatic carbocycles. The summed E-state index contributed by atoms with van der Waals surface area (Å²) in [7, 11) is 2.12. The number of likely N-dealkylation sites (N-methyl/N-ethyl adjacent to an activating group) is 1. The van der Waals surface area contributed by atoms with Gasteiger partial charge in [-0.2, -0.15) is 0 Å². The number of hydrogen-bond donors (Lipinski definition) is 0. The molecule has 0 aromatic carbocycles. The van der Waals surface area contributed by atoms with Gasteiger partial charge >= 0.3 is 0 Å². The average Bonchev–Trinajstić information content (AvgIpc) is 2.85. The number of likely N-dealkylation sites (tertiary alicyclic amines) is 1. The predicted molar refractivity (Wildman–Crippen MR) is 74.0 cm³/mol. The van der Waals surface area contributed by atoms with Gasteiger partial charge in [0.05, 0.1) is 6.20 Å². The Kier molecular flexibility index (Phi) is 3.42. The Morgan fingerprint density at radius 2 is 2.11 bits per heavy atom. The zero-order valence-electron chi connectivity index (χ0n) is 11.0. The van der Waals surface area contributed by atoms with E-state index in [1.54, 1.807) is 12.4 Å². The Hall–Kier alpha value is -1.94. The molecule has 1 atom stereocenters. The van der Waals surface area contributed by atoms with Crippen LogP contribution in [0.1, 0.15) is 6.42 Å². The van der Waals surface area contributed by atoms with Crippen molar-refractivity contribution in [3.63, 3.8) is 0 Å². The molecule has 0 unspecified atom stereocenters. The number of hydrogen-bond acceptors (Lipinski definition) is 4. The normalized spacial score (nSPS) is 19.5. The van der Waals surface area contributed by atoms with E-state index < -0.39 is 0 Å². The smallest absolute Gasteiger partial charge is 0.138 e. The molecule has 1 aliphatic heterocycles. The van der Waals surface area contributed by atoms with E-state index in [4.69, 9.17) is 4.74 Å². The fraction of sp³-hybridized carbons (Fsp3) is 0.333. The van der Waals surface area contributed by atoms with Gasteiger partial charge in [0.25, 0.3) is 0 Å². The molecule has 98 valence electrons. The Labute approximate surface area is 113 Å². The molecule has 3 rings (SSSR count). The summed E-state index contributed by atoms with van der Waals surface area (Å²) in [5.74, 6) is 0.835. The lowest BCUT2D eigenvalue weighted by atomic mass is 10.1. The van der Waals surface area contributed by atoms with Gasteiger partial charge < -0.3 is 9.64 Å². The molecule has 19 heavy (non-hydrogen) atoms. The van der Waals surface area contributed by atoms with Gasteiger partial charge in [0.1, 0.15) is 11.9 Å². The van der Waals surface area contributed by atoms with E-state index in [2.05, 4.69) is 21.9 Å². The van der Waals surface area contributed by atoms with Crippen molar-refractivity contribution in [2.24, 2.45) is 0 Å². The second-order valence-electron chi connectivity index (χ2n) is 4.94. The van der Waals surface area contributed by atoms with Crippen LogP contribution in [0, 0.1) is 0 Å². The first-order valence-electron chi connectivity index (χ1n) is 6.52. The molecule has 1 aliphatic rings. The van der Waals surface area contributed by atoms with Crippen LogP contribution in [-0.2, 0) is 0 Å². The van der Waals surface area contributed by atoms with Crippen molar-refractivity contribution in [3.05, 3.63) is 43.0 Å². The highest BCUT2D eigenvalue weighted by Crippen LogP contribution is 2.23. The highest BCUT2D eigenvalue weighted by Gasteiger charge is 2.21. The van der Waals surface area contributed by atoms with E-state index in [0.717, 1.165) is 36.4 Å². The standard InChI is InChI=1S/C15H17N3O/c1-18-6-4-14(11-18)19-15-7-13(9-17-10-15)12-3-2-5-16-8-12/h2-3,5,7-10,14H,4,6,11H2,1H3/t14-/m1/s1. The Morgan fingerprint density at radius 1 is 1.21 bits per heavy atom. The lowest BCUT2D eigenvalue weighted by Gasteiger charge is -2.14. The maximum absolute atomic E-state index is 5.98. The molecule has 2 aromatic heterocycles. The molecule has 0 amide bonds. The Morgan fingerprint density at radius 3 is 2.84 bits per heavy atom. The van der Waals surface area contributed by atoms with E-state index in [1.807, 2.05) is 30.6 Å². The molecule has 0 N–H and O–H groups in total.